The van der Waals surface area contributed by atoms with Gasteiger partial charge in [0.1, 0.15) is 0 Å². The van der Waals surface area contributed by atoms with E-state index in [4.69, 9.17) is 4.98 Å². The summed E-state index contributed by atoms with van der Waals surface area (Å²) in [4.78, 5) is 7.66. The van der Waals surface area contributed by atoms with E-state index in [-0.39, 0.29) is 0 Å². The number of aryl methyl sites for hydroxylation is 1. The molecule has 2 N–H and O–H groups in total. The van der Waals surface area contributed by atoms with Gasteiger partial charge in [-0.15, -0.1) is 0 Å². The second kappa shape index (κ2) is 12.5. The van der Waals surface area contributed by atoms with Gasteiger partial charge in [0.25, 0.3) is 0 Å². The molecule has 2 aromatic rings. The quantitative estimate of drug-likeness (QED) is 0.471. The van der Waals surface area contributed by atoms with Gasteiger partial charge in [-0.2, -0.15) is 11.8 Å². The van der Waals surface area contributed by atoms with Gasteiger partial charge in [-0.1, -0.05) is 30.3 Å². The Morgan fingerprint density at radius 2 is 1.85 bits per heavy atom. The van der Waals surface area contributed by atoms with Crippen molar-refractivity contribution in [2.75, 3.05) is 37.7 Å². The molecule has 0 bridgehead atoms. The molecule has 3 heterocycles. The molecule has 0 spiro atoms. The molecule has 5 rings (SSSR count). The summed E-state index contributed by atoms with van der Waals surface area (Å²) in [6.07, 6.45) is 12.2. The van der Waals surface area contributed by atoms with Crippen LogP contribution < -0.4 is 10.6 Å². The van der Waals surface area contributed by atoms with Gasteiger partial charge in [-0.25, -0.2) is 0 Å². The Morgan fingerprint density at radius 1 is 1.00 bits per heavy atom. The fourth-order valence-electron chi connectivity index (χ4n) is 6.07. The van der Waals surface area contributed by atoms with Crippen molar-refractivity contribution in [3.05, 3.63) is 65.0 Å². The first-order valence-electron chi connectivity index (χ1n) is 13.6. The molecule has 184 valence electrons. The number of rotatable bonds is 10. The van der Waals surface area contributed by atoms with Crippen LogP contribution in [0, 0.1) is 5.92 Å². The second-order valence-corrected chi connectivity index (χ2v) is 11.7. The van der Waals surface area contributed by atoms with E-state index in [2.05, 4.69) is 63.7 Å². The van der Waals surface area contributed by atoms with Crippen LogP contribution in [0.15, 0.2) is 42.6 Å². The third-order valence-corrected chi connectivity index (χ3v) is 9.10. The van der Waals surface area contributed by atoms with Crippen molar-refractivity contribution in [2.45, 2.75) is 70.0 Å². The van der Waals surface area contributed by atoms with Gasteiger partial charge < -0.3 is 10.6 Å². The maximum absolute atomic E-state index is 4.88. The average molecular weight is 479 g/mol. The van der Waals surface area contributed by atoms with Crippen molar-refractivity contribution < 1.29 is 0 Å². The lowest BCUT2D eigenvalue weighted by Crippen LogP contribution is -2.46. The lowest BCUT2D eigenvalue weighted by molar-refractivity contribution is 0.150. The van der Waals surface area contributed by atoms with Crippen LogP contribution in [-0.2, 0) is 19.4 Å². The highest BCUT2D eigenvalue weighted by Gasteiger charge is 2.29. The SMILES string of the molecule is c1ccc2c(c1)CN[C@@H](CN(CCCCNCC1CCSCC1)[C@H]1CCCc3cccnc31)C2. The van der Waals surface area contributed by atoms with Gasteiger partial charge in [-0.05, 0) is 111 Å². The van der Waals surface area contributed by atoms with Crippen LogP contribution in [0.3, 0.4) is 0 Å². The first-order valence-corrected chi connectivity index (χ1v) is 14.8. The van der Waals surface area contributed by atoms with Gasteiger partial charge in [0.2, 0.25) is 0 Å². The van der Waals surface area contributed by atoms with Crippen LogP contribution in [0.5, 0.6) is 0 Å². The Bertz CT molecular complexity index is 897. The molecule has 0 saturated carbocycles. The molecule has 0 radical (unpaired) electrons. The maximum atomic E-state index is 4.88. The summed E-state index contributed by atoms with van der Waals surface area (Å²) in [5, 5.41) is 7.60. The maximum Gasteiger partial charge on any atom is 0.0607 e. The summed E-state index contributed by atoms with van der Waals surface area (Å²) in [5.74, 6) is 3.62. The standard InChI is InChI=1S/C29H42N4S/c1-2-8-26-21-32-27(19-25(26)7-1)22-33(28-11-5-9-24-10-6-15-31-29(24)28)16-4-3-14-30-20-23-12-17-34-18-13-23/h1-2,6-8,10,15,23,27-28,30,32H,3-5,9,11-14,16-22H2/t27-,28+/m1/s1. The molecule has 1 aromatic heterocycles. The van der Waals surface area contributed by atoms with E-state index in [1.807, 2.05) is 6.20 Å². The van der Waals surface area contributed by atoms with Gasteiger partial charge in [0.15, 0.2) is 0 Å². The number of fused-ring (bicyclic) bond motifs is 2. The fraction of sp³-hybridized carbons (Fsp3) is 0.621. The molecule has 34 heavy (non-hydrogen) atoms. The number of benzene rings is 1. The lowest BCUT2D eigenvalue weighted by Gasteiger charge is -2.38. The number of pyridine rings is 1. The van der Waals surface area contributed by atoms with Crippen LogP contribution in [-0.4, -0.2) is 53.6 Å². The Morgan fingerprint density at radius 3 is 2.76 bits per heavy atom. The van der Waals surface area contributed by atoms with Crippen molar-refractivity contribution in [1.29, 1.82) is 0 Å². The van der Waals surface area contributed by atoms with E-state index >= 15 is 0 Å². The van der Waals surface area contributed by atoms with Crippen molar-refractivity contribution >= 4 is 11.8 Å². The topological polar surface area (TPSA) is 40.2 Å². The van der Waals surface area contributed by atoms with Crippen LogP contribution in [0.2, 0.25) is 0 Å². The van der Waals surface area contributed by atoms with Gasteiger partial charge in [-0.3, -0.25) is 9.88 Å². The van der Waals surface area contributed by atoms with E-state index in [1.165, 1.54) is 91.9 Å². The van der Waals surface area contributed by atoms with E-state index < -0.39 is 0 Å². The largest absolute Gasteiger partial charge is 0.316 e. The van der Waals surface area contributed by atoms with Crippen molar-refractivity contribution in [2.24, 2.45) is 5.92 Å². The minimum Gasteiger partial charge on any atom is -0.316 e. The molecule has 2 aliphatic heterocycles. The van der Waals surface area contributed by atoms with Gasteiger partial charge in [0, 0.05) is 25.3 Å². The Labute approximate surface area is 210 Å². The highest BCUT2D eigenvalue weighted by atomic mass is 32.2. The number of nitrogens with zero attached hydrogens (tertiary/aromatic N) is 2. The average Bonchev–Trinajstić information content (AvgIpc) is 2.90. The Kier molecular flexibility index (Phi) is 8.95. The fourth-order valence-corrected chi connectivity index (χ4v) is 7.27. The highest BCUT2D eigenvalue weighted by Crippen LogP contribution is 2.33. The van der Waals surface area contributed by atoms with Crippen LogP contribution >= 0.6 is 11.8 Å². The third kappa shape index (κ3) is 6.42. The van der Waals surface area contributed by atoms with E-state index in [0.717, 1.165) is 32.0 Å². The highest BCUT2D eigenvalue weighted by molar-refractivity contribution is 7.99. The zero-order valence-corrected chi connectivity index (χ0v) is 21.5. The summed E-state index contributed by atoms with van der Waals surface area (Å²) in [6, 6.07) is 14.4. The molecular formula is C29H42N4S. The zero-order valence-electron chi connectivity index (χ0n) is 20.7. The van der Waals surface area contributed by atoms with Crippen LogP contribution in [0.25, 0.3) is 0 Å². The predicted molar refractivity (Wildman–Crippen MR) is 144 cm³/mol. The molecule has 1 fully saturated rings. The van der Waals surface area contributed by atoms with Gasteiger partial charge in [0.05, 0.1) is 11.7 Å². The first kappa shape index (κ1) is 24.3. The molecule has 1 saturated heterocycles. The molecule has 0 amide bonds. The van der Waals surface area contributed by atoms with Crippen molar-refractivity contribution in [3.63, 3.8) is 0 Å². The smallest absolute Gasteiger partial charge is 0.0607 e. The third-order valence-electron chi connectivity index (χ3n) is 8.05. The number of aromatic nitrogens is 1. The molecule has 2 atom stereocenters. The molecule has 3 aliphatic rings. The minimum atomic E-state index is 0.469. The summed E-state index contributed by atoms with van der Waals surface area (Å²) in [5.41, 5.74) is 5.81. The predicted octanol–water partition coefficient (Wildman–Crippen LogP) is 4.99. The van der Waals surface area contributed by atoms with Gasteiger partial charge >= 0.3 is 0 Å². The summed E-state index contributed by atoms with van der Waals surface area (Å²) >= 11 is 2.12. The summed E-state index contributed by atoms with van der Waals surface area (Å²) in [6.45, 7) is 5.66. The number of unbranched alkanes of at least 4 members (excludes halogenated alkanes) is 1. The normalized spacial score (nSPS) is 23.0. The molecule has 4 nitrogen and oxygen atoms in total. The first-order chi connectivity index (χ1) is 16.9. The summed E-state index contributed by atoms with van der Waals surface area (Å²) < 4.78 is 0. The van der Waals surface area contributed by atoms with Crippen LogP contribution in [0.1, 0.15) is 67.0 Å². The van der Waals surface area contributed by atoms with E-state index in [0.29, 0.717) is 12.1 Å². The number of hydrogen-bond donors (Lipinski definition) is 2. The Hall–Kier alpha value is -1.40. The molecule has 0 unspecified atom stereocenters. The van der Waals surface area contributed by atoms with Crippen LogP contribution in [0.4, 0.5) is 0 Å². The molecule has 5 heteroatoms. The monoisotopic (exact) mass is 478 g/mol. The van der Waals surface area contributed by atoms with Crippen molar-refractivity contribution in [3.8, 4) is 0 Å². The molecule has 1 aromatic carbocycles. The van der Waals surface area contributed by atoms with E-state index in [1.54, 1.807) is 0 Å². The Balaban J connectivity index is 1.17. The lowest BCUT2D eigenvalue weighted by atomic mass is 9.89. The zero-order chi connectivity index (χ0) is 23.0. The number of nitrogens with one attached hydrogen (secondary N) is 2. The van der Waals surface area contributed by atoms with E-state index in [9.17, 15) is 0 Å². The summed E-state index contributed by atoms with van der Waals surface area (Å²) in [7, 11) is 0. The molecule has 1 aliphatic carbocycles. The number of thioether (sulfide) groups is 1. The number of hydrogen-bond acceptors (Lipinski definition) is 5. The minimum absolute atomic E-state index is 0.469. The van der Waals surface area contributed by atoms with Crippen molar-refractivity contribution in [1.82, 2.24) is 20.5 Å². The second-order valence-electron chi connectivity index (χ2n) is 10.5. The molecular weight excluding hydrogens is 436 g/mol.